The number of carbonyl (C=O) groups is 2. The van der Waals surface area contributed by atoms with Gasteiger partial charge in [0.25, 0.3) is 5.91 Å². The summed E-state index contributed by atoms with van der Waals surface area (Å²) in [5, 5.41) is 12.4. The van der Waals surface area contributed by atoms with Gasteiger partial charge in [0.15, 0.2) is 11.5 Å². The van der Waals surface area contributed by atoms with Gasteiger partial charge in [0.05, 0.1) is 11.4 Å². The van der Waals surface area contributed by atoms with Crippen LogP contribution in [0.2, 0.25) is 0 Å². The Balaban J connectivity index is 2.16. The lowest BCUT2D eigenvalue weighted by Crippen LogP contribution is -2.58. The number of fused-ring (bicyclic) bond motifs is 2. The summed E-state index contributed by atoms with van der Waals surface area (Å²) < 4.78 is 10.6. The first-order valence-corrected chi connectivity index (χ1v) is 6.59. The minimum atomic E-state index is -1.07. The molecule has 0 saturated carbocycles. The summed E-state index contributed by atoms with van der Waals surface area (Å²) in [4.78, 5) is 25.2. The largest absolute Gasteiger partial charge is 0.480 e. The first-order valence-electron chi connectivity index (χ1n) is 6.59. The maximum absolute atomic E-state index is 12.6. The molecule has 0 radical (unpaired) electrons. The summed E-state index contributed by atoms with van der Waals surface area (Å²) in [6.07, 6.45) is 0. The predicted octanol–water partition coefficient (Wildman–Crippen LogP) is 1.43. The summed E-state index contributed by atoms with van der Waals surface area (Å²) in [5.74, 6) is -0.284. The van der Waals surface area contributed by atoms with E-state index in [2.05, 4.69) is 5.32 Å². The van der Waals surface area contributed by atoms with Crippen LogP contribution in [-0.2, 0) is 9.59 Å². The van der Waals surface area contributed by atoms with Crippen LogP contribution >= 0.6 is 0 Å². The van der Waals surface area contributed by atoms with Crippen molar-refractivity contribution in [3.8, 4) is 11.5 Å². The zero-order valence-electron chi connectivity index (χ0n) is 12.0. The van der Waals surface area contributed by atoms with Gasteiger partial charge in [-0.25, -0.2) is 4.79 Å². The fourth-order valence-electron chi connectivity index (χ4n) is 2.53. The van der Waals surface area contributed by atoms with Crippen molar-refractivity contribution in [2.45, 2.75) is 32.4 Å². The molecule has 0 saturated heterocycles. The Morgan fingerprint density at radius 3 is 2.62 bits per heavy atom. The summed E-state index contributed by atoms with van der Waals surface area (Å²) in [7, 11) is 0. The van der Waals surface area contributed by atoms with Gasteiger partial charge in [0.2, 0.25) is 6.79 Å². The van der Waals surface area contributed by atoms with E-state index in [-0.39, 0.29) is 12.7 Å². The van der Waals surface area contributed by atoms with Crippen molar-refractivity contribution >= 4 is 23.3 Å². The number of carboxylic acid groups (broad SMARTS) is 1. The number of nitrogens with zero attached hydrogens (tertiary/aromatic N) is 1. The van der Waals surface area contributed by atoms with Crippen molar-refractivity contribution in [3.63, 3.8) is 0 Å². The molecule has 1 unspecified atom stereocenters. The highest BCUT2D eigenvalue weighted by molar-refractivity contribution is 6.10. The second kappa shape index (κ2) is 4.28. The van der Waals surface area contributed by atoms with Crippen molar-refractivity contribution in [1.29, 1.82) is 0 Å². The summed E-state index contributed by atoms with van der Waals surface area (Å²) in [6, 6.07) is 2.39. The average molecular weight is 292 g/mol. The smallest absolute Gasteiger partial charge is 0.326 e. The number of carboxylic acids is 1. The molecule has 0 aromatic heterocycles. The third-order valence-electron chi connectivity index (χ3n) is 3.70. The number of hydrogen-bond donors (Lipinski definition) is 2. The Morgan fingerprint density at radius 1 is 1.38 bits per heavy atom. The average Bonchev–Trinajstić information content (AvgIpc) is 2.84. The van der Waals surface area contributed by atoms with E-state index in [0.717, 1.165) is 0 Å². The quantitative estimate of drug-likeness (QED) is 0.857. The van der Waals surface area contributed by atoms with Crippen LogP contribution in [0.4, 0.5) is 11.4 Å². The Kier molecular flexibility index (Phi) is 2.76. The number of amides is 1. The van der Waals surface area contributed by atoms with E-state index in [1.54, 1.807) is 26.0 Å². The fraction of sp³-hybridized carbons (Fsp3) is 0.429. The van der Waals surface area contributed by atoms with E-state index in [1.807, 2.05) is 0 Å². The third kappa shape index (κ3) is 1.96. The molecule has 0 spiro atoms. The molecule has 2 aliphatic rings. The van der Waals surface area contributed by atoms with Crippen molar-refractivity contribution in [1.82, 2.24) is 0 Å². The number of rotatable bonds is 2. The Labute approximate surface area is 121 Å². The van der Waals surface area contributed by atoms with Crippen molar-refractivity contribution in [2.24, 2.45) is 0 Å². The normalized spacial score (nSPS) is 19.8. The van der Waals surface area contributed by atoms with E-state index < -0.39 is 17.6 Å². The molecular formula is C14H16N2O5. The highest BCUT2D eigenvalue weighted by Crippen LogP contribution is 2.45. The monoisotopic (exact) mass is 292 g/mol. The van der Waals surface area contributed by atoms with E-state index in [0.29, 0.717) is 22.9 Å². The lowest BCUT2D eigenvalue weighted by Gasteiger charge is -2.41. The van der Waals surface area contributed by atoms with Crippen LogP contribution in [-0.4, -0.2) is 35.4 Å². The van der Waals surface area contributed by atoms with Crippen LogP contribution in [0.25, 0.3) is 0 Å². The lowest BCUT2D eigenvalue weighted by molar-refractivity contribution is -0.140. The number of anilines is 2. The second-order valence-electron chi connectivity index (χ2n) is 5.66. The van der Waals surface area contributed by atoms with Crippen LogP contribution in [0.15, 0.2) is 12.1 Å². The molecule has 7 heteroatoms. The molecule has 2 N–H and O–H groups in total. The standard InChI is InChI=1S/C14H16N2O5/c1-7(12(17)18)16-9-5-11-10(20-6-21-11)4-8(9)15-14(2,3)13(16)19/h4-5,7,15H,6H2,1-3H3,(H,17,18). The topological polar surface area (TPSA) is 88.1 Å². The molecule has 3 rings (SSSR count). The first-order chi connectivity index (χ1) is 9.81. The fourth-order valence-corrected chi connectivity index (χ4v) is 2.53. The Morgan fingerprint density at radius 2 is 2.00 bits per heavy atom. The van der Waals surface area contributed by atoms with Gasteiger partial charge in [-0.3, -0.25) is 9.69 Å². The van der Waals surface area contributed by atoms with Gasteiger partial charge in [-0.2, -0.15) is 0 Å². The predicted molar refractivity (Wildman–Crippen MR) is 74.9 cm³/mol. The number of aliphatic carboxylic acids is 1. The molecule has 112 valence electrons. The van der Waals surface area contributed by atoms with Gasteiger partial charge in [-0.15, -0.1) is 0 Å². The van der Waals surface area contributed by atoms with Crippen molar-refractivity contribution in [3.05, 3.63) is 12.1 Å². The summed E-state index contributed by atoms with van der Waals surface area (Å²) >= 11 is 0. The maximum Gasteiger partial charge on any atom is 0.326 e. The van der Waals surface area contributed by atoms with Crippen LogP contribution < -0.4 is 19.7 Å². The van der Waals surface area contributed by atoms with Crippen molar-refractivity contribution < 1.29 is 24.2 Å². The molecule has 1 aromatic rings. The van der Waals surface area contributed by atoms with Gasteiger partial charge in [0, 0.05) is 12.1 Å². The Bertz CT molecular complexity index is 640. The number of benzene rings is 1. The lowest BCUT2D eigenvalue weighted by atomic mass is 9.96. The SMILES string of the molecule is CC(C(=O)O)N1C(=O)C(C)(C)Nc2cc3c(cc21)OCO3. The Hall–Kier alpha value is -2.44. The van der Waals surface area contributed by atoms with E-state index >= 15 is 0 Å². The molecule has 1 amide bonds. The van der Waals surface area contributed by atoms with Crippen LogP contribution in [0.1, 0.15) is 20.8 Å². The van der Waals surface area contributed by atoms with Gasteiger partial charge >= 0.3 is 5.97 Å². The van der Waals surface area contributed by atoms with Crippen LogP contribution in [0.3, 0.4) is 0 Å². The minimum absolute atomic E-state index is 0.115. The number of nitrogens with one attached hydrogen (secondary N) is 1. The third-order valence-corrected chi connectivity index (χ3v) is 3.70. The van der Waals surface area contributed by atoms with Crippen LogP contribution in [0, 0.1) is 0 Å². The van der Waals surface area contributed by atoms with Crippen LogP contribution in [0.5, 0.6) is 11.5 Å². The molecule has 1 atom stereocenters. The van der Waals surface area contributed by atoms with Gasteiger partial charge in [-0.05, 0) is 20.8 Å². The summed E-state index contributed by atoms with van der Waals surface area (Å²) in [5.41, 5.74) is 0.236. The number of hydrogen-bond acceptors (Lipinski definition) is 5. The minimum Gasteiger partial charge on any atom is -0.480 e. The second-order valence-corrected chi connectivity index (χ2v) is 5.66. The highest BCUT2D eigenvalue weighted by atomic mass is 16.7. The number of carbonyl (C=O) groups excluding carboxylic acids is 1. The molecule has 0 aliphatic carbocycles. The molecular weight excluding hydrogens is 276 g/mol. The van der Waals surface area contributed by atoms with Gasteiger partial charge < -0.3 is 19.9 Å². The number of ether oxygens (including phenoxy) is 2. The van der Waals surface area contributed by atoms with E-state index in [9.17, 15) is 14.7 Å². The zero-order chi connectivity index (χ0) is 15.4. The molecule has 7 nitrogen and oxygen atoms in total. The van der Waals surface area contributed by atoms with Gasteiger partial charge in [-0.1, -0.05) is 0 Å². The van der Waals surface area contributed by atoms with E-state index in [4.69, 9.17) is 9.47 Å². The maximum atomic E-state index is 12.6. The summed E-state index contributed by atoms with van der Waals surface area (Å²) in [6.45, 7) is 5.02. The molecule has 21 heavy (non-hydrogen) atoms. The van der Waals surface area contributed by atoms with Gasteiger partial charge in [0.1, 0.15) is 11.6 Å². The molecule has 0 bridgehead atoms. The van der Waals surface area contributed by atoms with E-state index in [1.165, 1.54) is 11.8 Å². The zero-order valence-corrected chi connectivity index (χ0v) is 12.0. The first kappa shape index (κ1) is 13.5. The molecule has 2 heterocycles. The molecule has 0 fully saturated rings. The molecule has 1 aromatic carbocycles. The van der Waals surface area contributed by atoms with Crippen molar-refractivity contribution in [2.75, 3.05) is 17.0 Å². The molecule has 2 aliphatic heterocycles. The highest BCUT2D eigenvalue weighted by Gasteiger charge is 2.43.